The summed E-state index contributed by atoms with van der Waals surface area (Å²) < 4.78 is 10.6. The standard InChI is InChI=1S/C30H48O6/c1-17(5-8-25(33)36-27-18(2)11-14-35-28(27)34)21-6-7-22-26-23(10-13-30(21,22)4)29(3)12-9-20(31)15-19(29)16-24(26)32/h17-24,26-27,31-32H,5-16H2,1-4H3. The summed E-state index contributed by atoms with van der Waals surface area (Å²) in [5.74, 6) is 2.14. The third-order valence-electron chi connectivity index (χ3n) is 12.0. The molecule has 6 heteroatoms. The van der Waals surface area contributed by atoms with Crippen LogP contribution < -0.4 is 0 Å². The summed E-state index contributed by atoms with van der Waals surface area (Å²) in [4.78, 5) is 24.6. The molecule has 1 aliphatic heterocycles. The molecule has 0 aromatic carbocycles. The van der Waals surface area contributed by atoms with Crippen molar-refractivity contribution in [3.63, 3.8) is 0 Å². The van der Waals surface area contributed by atoms with Crippen molar-refractivity contribution < 1.29 is 29.3 Å². The zero-order valence-corrected chi connectivity index (χ0v) is 22.8. The lowest BCUT2D eigenvalue weighted by Gasteiger charge is -2.62. The topological polar surface area (TPSA) is 93.1 Å². The molecule has 204 valence electrons. The van der Waals surface area contributed by atoms with Crippen LogP contribution in [0.3, 0.4) is 0 Å². The molecule has 0 aromatic heterocycles. The molecule has 12 unspecified atom stereocenters. The molecule has 0 amide bonds. The number of hydrogen-bond acceptors (Lipinski definition) is 6. The number of aliphatic hydroxyl groups is 2. The van der Waals surface area contributed by atoms with Crippen LogP contribution in [0.4, 0.5) is 0 Å². The van der Waals surface area contributed by atoms with Crippen LogP contribution in [0.1, 0.15) is 98.3 Å². The molecular formula is C30H48O6. The first-order valence-corrected chi connectivity index (χ1v) is 14.8. The molecule has 5 aliphatic rings. The molecule has 4 saturated carbocycles. The van der Waals surface area contributed by atoms with Gasteiger partial charge in [0.05, 0.1) is 18.8 Å². The van der Waals surface area contributed by atoms with Crippen molar-refractivity contribution >= 4 is 11.9 Å². The Balaban J connectivity index is 1.22. The highest BCUT2D eigenvalue weighted by Gasteiger charge is 2.62. The number of rotatable bonds is 5. The Labute approximate surface area is 216 Å². The van der Waals surface area contributed by atoms with Crippen LogP contribution in [-0.4, -0.2) is 47.1 Å². The van der Waals surface area contributed by atoms with Crippen molar-refractivity contribution in [3.8, 4) is 0 Å². The number of fused-ring (bicyclic) bond motifs is 5. The summed E-state index contributed by atoms with van der Waals surface area (Å²) in [7, 11) is 0. The minimum atomic E-state index is -0.760. The van der Waals surface area contributed by atoms with E-state index in [1.807, 2.05) is 6.92 Å². The molecule has 0 aromatic rings. The second kappa shape index (κ2) is 9.87. The van der Waals surface area contributed by atoms with Gasteiger partial charge < -0.3 is 19.7 Å². The van der Waals surface area contributed by atoms with Gasteiger partial charge >= 0.3 is 11.9 Å². The Bertz CT molecular complexity index is 843. The number of aliphatic hydroxyl groups excluding tert-OH is 2. The number of cyclic esters (lactones) is 1. The van der Waals surface area contributed by atoms with Gasteiger partial charge in [-0.3, -0.25) is 4.79 Å². The molecule has 36 heavy (non-hydrogen) atoms. The van der Waals surface area contributed by atoms with E-state index in [1.165, 1.54) is 19.3 Å². The maximum absolute atomic E-state index is 12.6. The minimum absolute atomic E-state index is 0.00751. The van der Waals surface area contributed by atoms with Gasteiger partial charge in [0, 0.05) is 12.3 Å². The largest absolute Gasteiger partial charge is 0.463 e. The Kier molecular flexibility index (Phi) is 7.26. The third-order valence-corrected chi connectivity index (χ3v) is 12.0. The molecule has 0 bridgehead atoms. The van der Waals surface area contributed by atoms with Crippen LogP contribution in [0.15, 0.2) is 0 Å². The van der Waals surface area contributed by atoms with E-state index in [2.05, 4.69) is 20.8 Å². The SMILES string of the molecule is CC1CCOC(=O)C1OC(=O)CCC(C)C1CCC2C3C(O)CC4CC(O)CCC4(C)C3CCC12C. The van der Waals surface area contributed by atoms with Gasteiger partial charge in [-0.05, 0) is 111 Å². The predicted molar refractivity (Wildman–Crippen MR) is 136 cm³/mol. The van der Waals surface area contributed by atoms with Crippen LogP contribution in [0.25, 0.3) is 0 Å². The Morgan fingerprint density at radius 2 is 1.78 bits per heavy atom. The Hall–Kier alpha value is -1.14. The first-order valence-electron chi connectivity index (χ1n) is 14.8. The highest BCUT2D eigenvalue weighted by molar-refractivity contribution is 5.80. The van der Waals surface area contributed by atoms with E-state index in [0.717, 1.165) is 44.9 Å². The number of hydrogen-bond donors (Lipinski definition) is 2. The van der Waals surface area contributed by atoms with E-state index in [1.54, 1.807) is 0 Å². The average molecular weight is 505 g/mol. The highest BCUT2D eigenvalue weighted by atomic mass is 16.6. The monoisotopic (exact) mass is 504 g/mol. The van der Waals surface area contributed by atoms with Crippen LogP contribution in [0.2, 0.25) is 0 Å². The third kappa shape index (κ3) is 4.42. The van der Waals surface area contributed by atoms with Crippen LogP contribution >= 0.6 is 0 Å². The quantitative estimate of drug-likeness (QED) is 0.518. The smallest absolute Gasteiger partial charge is 0.347 e. The van der Waals surface area contributed by atoms with E-state index < -0.39 is 12.1 Å². The van der Waals surface area contributed by atoms with Gasteiger partial charge in [-0.2, -0.15) is 0 Å². The molecule has 5 fully saturated rings. The van der Waals surface area contributed by atoms with Crippen molar-refractivity contribution in [1.29, 1.82) is 0 Å². The fourth-order valence-corrected chi connectivity index (χ4v) is 9.90. The molecule has 0 radical (unpaired) electrons. The maximum Gasteiger partial charge on any atom is 0.347 e. The van der Waals surface area contributed by atoms with Gasteiger partial charge in [-0.15, -0.1) is 0 Å². The van der Waals surface area contributed by atoms with Crippen LogP contribution in [0, 0.1) is 52.3 Å². The fourth-order valence-electron chi connectivity index (χ4n) is 9.90. The number of carbonyl (C=O) groups is 2. The first kappa shape index (κ1) is 26.5. The van der Waals surface area contributed by atoms with Crippen molar-refractivity contribution in [2.45, 2.75) is 117 Å². The van der Waals surface area contributed by atoms with Crippen molar-refractivity contribution in [3.05, 3.63) is 0 Å². The lowest BCUT2D eigenvalue weighted by atomic mass is 9.43. The first-order chi connectivity index (χ1) is 17.0. The van der Waals surface area contributed by atoms with Crippen LogP contribution in [-0.2, 0) is 19.1 Å². The van der Waals surface area contributed by atoms with Gasteiger partial charge in [0.2, 0.25) is 6.10 Å². The summed E-state index contributed by atoms with van der Waals surface area (Å²) in [5.41, 5.74) is 0.444. The summed E-state index contributed by atoms with van der Waals surface area (Å²) in [6.07, 6.45) is 9.02. The van der Waals surface area contributed by atoms with Gasteiger partial charge in [0.25, 0.3) is 0 Å². The lowest BCUT2D eigenvalue weighted by Crippen LogP contribution is -2.58. The van der Waals surface area contributed by atoms with Crippen molar-refractivity contribution in [2.75, 3.05) is 6.61 Å². The summed E-state index contributed by atoms with van der Waals surface area (Å²) in [6.45, 7) is 9.55. The molecule has 12 atom stereocenters. The summed E-state index contributed by atoms with van der Waals surface area (Å²) >= 11 is 0. The van der Waals surface area contributed by atoms with E-state index in [0.29, 0.717) is 48.5 Å². The molecule has 2 N–H and O–H groups in total. The van der Waals surface area contributed by atoms with Gasteiger partial charge in [-0.25, -0.2) is 4.79 Å². The van der Waals surface area contributed by atoms with E-state index >= 15 is 0 Å². The zero-order valence-electron chi connectivity index (χ0n) is 22.8. The highest BCUT2D eigenvalue weighted by Crippen LogP contribution is 2.68. The summed E-state index contributed by atoms with van der Waals surface area (Å²) in [5, 5.41) is 21.7. The fraction of sp³-hybridized carbons (Fsp3) is 0.933. The molecule has 0 spiro atoms. The molecular weight excluding hydrogens is 456 g/mol. The minimum Gasteiger partial charge on any atom is -0.463 e. The Morgan fingerprint density at radius 1 is 1.06 bits per heavy atom. The zero-order chi connectivity index (χ0) is 25.8. The van der Waals surface area contributed by atoms with E-state index in [9.17, 15) is 19.8 Å². The molecule has 1 saturated heterocycles. The number of carbonyl (C=O) groups excluding carboxylic acids is 2. The summed E-state index contributed by atoms with van der Waals surface area (Å²) in [6, 6.07) is 0. The predicted octanol–water partition coefficient (Wildman–Crippen LogP) is 4.89. The van der Waals surface area contributed by atoms with Gasteiger partial charge in [0.1, 0.15) is 0 Å². The Morgan fingerprint density at radius 3 is 2.53 bits per heavy atom. The number of esters is 2. The van der Waals surface area contributed by atoms with Gasteiger partial charge in [0.15, 0.2) is 0 Å². The van der Waals surface area contributed by atoms with Crippen molar-refractivity contribution in [1.82, 2.24) is 0 Å². The molecule has 4 aliphatic carbocycles. The second-order valence-corrected chi connectivity index (χ2v) is 13.8. The molecule has 5 rings (SSSR count). The van der Waals surface area contributed by atoms with Gasteiger partial charge in [-0.1, -0.05) is 27.7 Å². The molecule has 6 nitrogen and oxygen atoms in total. The number of ether oxygens (including phenoxy) is 2. The lowest BCUT2D eigenvalue weighted by molar-refractivity contribution is -0.178. The maximum atomic E-state index is 12.6. The van der Waals surface area contributed by atoms with E-state index in [4.69, 9.17) is 9.47 Å². The van der Waals surface area contributed by atoms with E-state index in [-0.39, 0.29) is 34.9 Å². The average Bonchev–Trinajstić information content (AvgIpc) is 3.18. The normalized spacial score (nSPS) is 49.3. The van der Waals surface area contributed by atoms with Crippen LogP contribution in [0.5, 0.6) is 0 Å². The molecule has 1 heterocycles. The second-order valence-electron chi connectivity index (χ2n) is 13.8. The van der Waals surface area contributed by atoms with Crippen molar-refractivity contribution in [2.24, 2.45) is 52.3 Å².